The number of anilines is 1. The Balaban J connectivity index is 1.98. The van der Waals surface area contributed by atoms with Crippen LogP contribution in [0.15, 0.2) is 16.7 Å². The average Bonchev–Trinajstić information content (AvgIpc) is 2.80. The Kier molecular flexibility index (Phi) is 3.93. The highest BCUT2D eigenvalue weighted by atomic mass is 79.9. The van der Waals surface area contributed by atoms with Crippen LogP contribution in [0.5, 0.6) is 0 Å². The van der Waals surface area contributed by atoms with Gasteiger partial charge in [0.1, 0.15) is 12.0 Å². The monoisotopic (exact) mass is 299 g/mol. The first-order valence-electron chi connectivity index (χ1n) is 5.70. The van der Waals surface area contributed by atoms with E-state index >= 15 is 0 Å². The zero-order valence-corrected chi connectivity index (χ0v) is 10.9. The molecule has 92 valence electrons. The lowest BCUT2D eigenvalue weighted by Gasteiger charge is -2.11. The van der Waals surface area contributed by atoms with Gasteiger partial charge in [-0.25, -0.2) is 4.98 Å². The van der Waals surface area contributed by atoms with Gasteiger partial charge in [-0.1, -0.05) is 12.8 Å². The van der Waals surface area contributed by atoms with Crippen molar-refractivity contribution >= 4 is 27.4 Å². The maximum Gasteiger partial charge on any atom is 0.288 e. The lowest BCUT2D eigenvalue weighted by molar-refractivity contribution is -0.385. The Morgan fingerprint density at radius 3 is 2.82 bits per heavy atom. The average molecular weight is 300 g/mol. The highest BCUT2D eigenvalue weighted by molar-refractivity contribution is 9.10. The lowest BCUT2D eigenvalue weighted by Crippen LogP contribution is -2.12. The fraction of sp³-hybridized carbons (Fsp3) is 0.545. The van der Waals surface area contributed by atoms with Crippen molar-refractivity contribution in [2.45, 2.75) is 25.7 Å². The van der Waals surface area contributed by atoms with Crippen LogP contribution >= 0.6 is 15.9 Å². The Hall–Kier alpha value is -1.17. The van der Waals surface area contributed by atoms with Gasteiger partial charge in [0.25, 0.3) is 5.69 Å². The molecule has 2 rings (SSSR count). The molecule has 0 saturated heterocycles. The molecule has 0 aromatic carbocycles. The third kappa shape index (κ3) is 3.15. The minimum absolute atomic E-state index is 0.00305. The van der Waals surface area contributed by atoms with Crippen molar-refractivity contribution in [3.63, 3.8) is 0 Å². The van der Waals surface area contributed by atoms with Gasteiger partial charge in [0, 0.05) is 12.6 Å². The van der Waals surface area contributed by atoms with E-state index in [0.29, 0.717) is 16.2 Å². The molecule has 17 heavy (non-hydrogen) atoms. The molecule has 0 unspecified atom stereocenters. The van der Waals surface area contributed by atoms with Gasteiger partial charge < -0.3 is 5.32 Å². The van der Waals surface area contributed by atoms with Crippen LogP contribution in [0.4, 0.5) is 11.5 Å². The fourth-order valence-corrected chi connectivity index (χ4v) is 2.59. The zero-order valence-electron chi connectivity index (χ0n) is 9.36. The van der Waals surface area contributed by atoms with Gasteiger partial charge in [-0.05, 0) is 34.7 Å². The van der Waals surface area contributed by atoms with Crippen molar-refractivity contribution in [1.82, 2.24) is 4.98 Å². The number of hydrogen-bond acceptors (Lipinski definition) is 4. The lowest BCUT2D eigenvalue weighted by atomic mass is 10.1. The molecule has 1 aromatic rings. The topological polar surface area (TPSA) is 68.1 Å². The largest absolute Gasteiger partial charge is 0.369 e. The van der Waals surface area contributed by atoms with Gasteiger partial charge in [-0.15, -0.1) is 0 Å². The van der Waals surface area contributed by atoms with Crippen LogP contribution in [0.3, 0.4) is 0 Å². The molecule has 1 aliphatic rings. The Labute approximate surface area is 108 Å². The summed E-state index contributed by atoms with van der Waals surface area (Å²) in [6.45, 7) is 0.892. The first kappa shape index (κ1) is 12.3. The molecule has 1 heterocycles. The van der Waals surface area contributed by atoms with Crippen molar-refractivity contribution < 1.29 is 4.92 Å². The normalized spacial score (nSPS) is 16.1. The van der Waals surface area contributed by atoms with Crippen molar-refractivity contribution in [3.05, 3.63) is 26.9 Å². The van der Waals surface area contributed by atoms with Crippen molar-refractivity contribution in [1.29, 1.82) is 0 Å². The van der Waals surface area contributed by atoms with Gasteiger partial charge in [-0.2, -0.15) is 0 Å². The van der Waals surface area contributed by atoms with Crippen LogP contribution in [0, 0.1) is 16.0 Å². The summed E-state index contributed by atoms with van der Waals surface area (Å²) in [5.41, 5.74) is 0.00305. The SMILES string of the molecule is O=[N+]([O-])c1cnc(NCC2CCCC2)c(Br)c1. The molecular weight excluding hydrogens is 286 g/mol. The van der Waals surface area contributed by atoms with E-state index in [9.17, 15) is 10.1 Å². The minimum atomic E-state index is -0.446. The third-order valence-electron chi connectivity index (χ3n) is 3.07. The van der Waals surface area contributed by atoms with E-state index in [1.54, 1.807) is 0 Å². The number of nitrogens with zero attached hydrogens (tertiary/aromatic N) is 2. The van der Waals surface area contributed by atoms with Crippen LogP contribution in [-0.4, -0.2) is 16.5 Å². The van der Waals surface area contributed by atoms with Crippen LogP contribution in [0.25, 0.3) is 0 Å². The Bertz CT molecular complexity index is 419. The summed E-state index contributed by atoms with van der Waals surface area (Å²) in [6, 6.07) is 1.48. The van der Waals surface area contributed by atoms with E-state index in [4.69, 9.17) is 0 Å². The van der Waals surface area contributed by atoms with E-state index in [1.165, 1.54) is 37.9 Å². The van der Waals surface area contributed by atoms with E-state index in [0.717, 1.165) is 6.54 Å². The van der Waals surface area contributed by atoms with Crippen LogP contribution < -0.4 is 5.32 Å². The second-order valence-electron chi connectivity index (χ2n) is 4.31. The molecule has 6 heteroatoms. The molecule has 5 nitrogen and oxygen atoms in total. The summed E-state index contributed by atoms with van der Waals surface area (Å²) in [7, 11) is 0. The molecular formula is C11H14BrN3O2. The smallest absolute Gasteiger partial charge is 0.288 e. The van der Waals surface area contributed by atoms with Gasteiger partial charge in [-0.3, -0.25) is 10.1 Å². The van der Waals surface area contributed by atoms with Gasteiger partial charge in [0.2, 0.25) is 0 Å². The summed E-state index contributed by atoms with van der Waals surface area (Å²) in [4.78, 5) is 14.2. The van der Waals surface area contributed by atoms with Gasteiger partial charge >= 0.3 is 0 Å². The van der Waals surface area contributed by atoms with Crippen LogP contribution in [0.1, 0.15) is 25.7 Å². The van der Waals surface area contributed by atoms with Crippen molar-refractivity contribution in [2.24, 2.45) is 5.92 Å². The highest BCUT2D eigenvalue weighted by Crippen LogP contribution is 2.27. The van der Waals surface area contributed by atoms with E-state index in [-0.39, 0.29) is 5.69 Å². The number of nitrogens with one attached hydrogen (secondary N) is 1. The quantitative estimate of drug-likeness (QED) is 0.684. The van der Waals surface area contributed by atoms with Crippen molar-refractivity contribution in [3.8, 4) is 0 Å². The second-order valence-corrected chi connectivity index (χ2v) is 5.17. The number of hydrogen-bond donors (Lipinski definition) is 1. The molecule has 1 aliphatic carbocycles. The minimum Gasteiger partial charge on any atom is -0.369 e. The summed E-state index contributed by atoms with van der Waals surface area (Å²) in [5.74, 6) is 1.39. The maximum absolute atomic E-state index is 10.6. The second kappa shape index (κ2) is 5.44. The molecule has 0 bridgehead atoms. The number of pyridine rings is 1. The van der Waals surface area contributed by atoms with Crippen LogP contribution in [-0.2, 0) is 0 Å². The molecule has 0 spiro atoms. The number of nitro groups is 1. The maximum atomic E-state index is 10.6. The van der Waals surface area contributed by atoms with Crippen LogP contribution in [0.2, 0.25) is 0 Å². The molecule has 0 aliphatic heterocycles. The van der Waals surface area contributed by atoms with E-state index in [2.05, 4.69) is 26.2 Å². The predicted octanol–water partition coefficient (Wildman–Crippen LogP) is 3.35. The molecule has 0 amide bonds. The number of rotatable bonds is 4. The zero-order chi connectivity index (χ0) is 12.3. The summed E-state index contributed by atoms with van der Waals surface area (Å²) in [5, 5.41) is 13.8. The Morgan fingerprint density at radius 2 is 2.24 bits per heavy atom. The van der Waals surface area contributed by atoms with E-state index in [1.807, 2.05) is 0 Å². The molecule has 1 aromatic heterocycles. The summed E-state index contributed by atoms with van der Waals surface area (Å²) in [6.07, 6.45) is 6.42. The molecule has 0 radical (unpaired) electrons. The molecule has 1 N–H and O–H groups in total. The fourth-order valence-electron chi connectivity index (χ4n) is 2.11. The van der Waals surface area contributed by atoms with Gasteiger partial charge in [0.15, 0.2) is 0 Å². The molecule has 1 saturated carbocycles. The highest BCUT2D eigenvalue weighted by Gasteiger charge is 2.16. The van der Waals surface area contributed by atoms with Crippen molar-refractivity contribution in [2.75, 3.05) is 11.9 Å². The summed E-state index contributed by atoms with van der Waals surface area (Å²) >= 11 is 3.30. The molecule has 0 atom stereocenters. The number of halogens is 1. The Morgan fingerprint density at radius 1 is 1.53 bits per heavy atom. The first-order valence-corrected chi connectivity index (χ1v) is 6.50. The molecule has 1 fully saturated rings. The van der Waals surface area contributed by atoms with E-state index < -0.39 is 4.92 Å². The van der Waals surface area contributed by atoms with Gasteiger partial charge in [0.05, 0.1) is 9.40 Å². The third-order valence-corrected chi connectivity index (χ3v) is 3.67. The summed E-state index contributed by atoms with van der Waals surface area (Å²) < 4.78 is 0.643. The standard InChI is InChI=1S/C11H14BrN3O2/c12-10-5-9(15(16)17)7-14-11(10)13-6-8-3-1-2-4-8/h5,7-8H,1-4,6H2,(H,13,14). The first-order chi connectivity index (χ1) is 8.16. The predicted molar refractivity (Wildman–Crippen MR) is 69.0 cm³/mol. The number of aromatic nitrogens is 1.